The van der Waals surface area contributed by atoms with E-state index in [0.29, 0.717) is 11.8 Å². The molecule has 2 aliphatic rings. The smallest absolute Gasteiger partial charge is 0.253 e. The van der Waals surface area contributed by atoms with Crippen LogP contribution in [0.2, 0.25) is 0 Å². The number of carbonyl (C=O) groups excluding carboxylic acids is 1. The van der Waals surface area contributed by atoms with Crippen LogP contribution in [0.3, 0.4) is 0 Å². The lowest BCUT2D eigenvalue weighted by molar-refractivity contribution is 0.0661. The van der Waals surface area contributed by atoms with Crippen LogP contribution in [0.15, 0.2) is 36.7 Å². The lowest BCUT2D eigenvalue weighted by Gasteiger charge is -2.33. The highest BCUT2D eigenvalue weighted by Gasteiger charge is 2.31. The summed E-state index contributed by atoms with van der Waals surface area (Å²) in [4.78, 5) is 23.0. The van der Waals surface area contributed by atoms with E-state index in [0.717, 1.165) is 42.5 Å². The van der Waals surface area contributed by atoms with Gasteiger partial charge >= 0.3 is 0 Å². The van der Waals surface area contributed by atoms with Crippen LogP contribution in [0.25, 0.3) is 10.9 Å². The summed E-state index contributed by atoms with van der Waals surface area (Å²) in [5.74, 6) is 2.57. The van der Waals surface area contributed by atoms with E-state index in [-0.39, 0.29) is 5.91 Å². The monoisotopic (exact) mass is 362 g/mol. The van der Waals surface area contributed by atoms with Gasteiger partial charge in [0.05, 0.1) is 0 Å². The van der Waals surface area contributed by atoms with Crippen LogP contribution in [0.5, 0.6) is 0 Å². The first-order chi connectivity index (χ1) is 13.2. The normalized spacial score (nSPS) is 20.3. The first kappa shape index (κ1) is 16.6. The number of rotatable bonds is 4. The van der Waals surface area contributed by atoms with Crippen molar-refractivity contribution in [3.8, 4) is 0 Å². The standard InChI is InChI=1S/C22H26N4O/c1-15-12-24-21(18-5-6-18)26(15)14-16-3-2-10-25(13-16)22(27)19-7-4-17-8-9-23-20(17)11-19/h4,7-9,11-12,16,18,23H,2-3,5-6,10,13-14H2,1H3. The number of fused-ring (bicyclic) bond motifs is 1. The lowest BCUT2D eigenvalue weighted by atomic mass is 9.97. The minimum Gasteiger partial charge on any atom is -0.361 e. The number of H-pyrrole nitrogens is 1. The Balaban J connectivity index is 1.31. The zero-order valence-corrected chi connectivity index (χ0v) is 15.8. The molecule has 1 amide bonds. The van der Waals surface area contributed by atoms with Crippen molar-refractivity contribution in [1.82, 2.24) is 19.4 Å². The largest absolute Gasteiger partial charge is 0.361 e. The third-order valence-corrected chi connectivity index (χ3v) is 6.08. The SMILES string of the molecule is Cc1cnc(C2CC2)n1CC1CCCN(C(=O)c2ccc3cc[nH]c3c2)C1. The maximum Gasteiger partial charge on any atom is 0.253 e. The van der Waals surface area contributed by atoms with Gasteiger partial charge < -0.3 is 14.5 Å². The van der Waals surface area contributed by atoms with Crippen molar-refractivity contribution >= 4 is 16.8 Å². The number of amides is 1. The van der Waals surface area contributed by atoms with Gasteiger partial charge in [-0.15, -0.1) is 0 Å². The molecule has 27 heavy (non-hydrogen) atoms. The fourth-order valence-corrected chi connectivity index (χ4v) is 4.40. The lowest BCUT2D eigenvalue weighted by Crippen LogP contribution is -2.41. The predicted octanol–water partition coefficient (Wildman–Crippen LogP) is 4.10. The Hall–Kier alpha value is -2.56. The maximum atomic E-state index is 13.1. The second-order valence-corrected chi connectivity index (χ2v) is 8.18. The molecule has 1 unspecified atom stereocenters. The van der Waals surface area contributed by atoms with Crippen LogP contribution in [0, 0.1) is 12.8 Å². The van der Waals surface area contributed by atoms with Crippen LogP contribution in [0.4, 0.5) is 0 Å². The molecule has 2 fully saturated rings. The molecule has 1 atom stereocenters. The molecule has 3 aromatic rings. The van der Waals surface area contributed by atoms with E-state index in [4.69, 9.17) is 0 Å². The Morgan fingerprint density at radius 3 is 3.00 bits per heavy atom. The van der Waals surface area contributed by atoms with Crippen LogP contribution in [-0.4, -0.2) is 38.4 Å². The van der Waals surface area contributed by atoms with Gasteiger partial charge in [0.2, 0.25) is 0 Å². The molecule has 3 heterocycles. The summed E-state index contributed by atoms with van der Waals surface area (Å²) in [6.45, 7) is 4.83. The average Bonchev–Trinajstić information content (AvgIpc) is 3.31. The molecule has 140 valence electrons. The molecular formula is C22H26N4O. The third-order valence-electron chi connectivity index (χ3n) is 6.08. The minimum atomic E-state index is 0.154. The van der Waals surface area contributed by atoms with Crippen molar-refractivity contribution in [1.29, 1.82) is 0 Å². The van der Waals surface area contributed by atoms with Crippen molar-refractivity contribution in [3.63, 3.8) is 0 Å². The Morgan fingerprint density at radius 1 is 1.26 bits per heavy atom. The summed E-state index contributed by atoms with van der Waals surface area (Å²) in [6, 6.07) is 7.99. The number of hydrogen-bond donors (Lipinski definition) is 1. The number of nitrogens with zero attached hydrogens (tertiary/aromatic N) is 3. The summed E-state index contributed by atoms with van der Waals surface area (Å²) in [6.07, 6.45) is 8.72. The van der Waals surface area contributed by atoms with Gasteiger partial charge in [0.1, 0.15) is 5.82 Å². The van der Waals surface area contributed by atoms with Gasteiger partial charge in [0.15, 0.2) is 0 Å². The van der Waals surface area contributed by atoms with Crippen LogP contribution >= 0.6 is 0 Å². The molecule has 2 aromatic heterocycles. The van der Waals surface area contributed by atoms with E-state index < -0.39 is 0 Å². The summed E-state index contributed by atoms with van der Waals surface area (Å²) < 4.78 is 2.40. The van der Waals surface area contributed by atoms with Gasteiger partial charge in [-0.25, -0.2) is 4.98 Å². The number of carbonyl (C=O) groups is 1. The number of benzene rings is 1. The summed E-state index contributed by atoms with van der Waals surface area (Å²) >= 11 is 0. The highest BCUT2D eigenvalue weighted by molar-refractivity contribution is 5.98. The summed E-state index contributed by atoms with van der Waals surface area (Å²) in [7, 11) is 0. The highest BCUT2D eigenvalue weighted by atomic mass is 16.2. The molecule has 0 radical (unpaired) electrons. The first-order valence-corrected chi connectivity index (χ1v) is 10.1. The van der Waals surface area contributed by atoms with E-state index >= 15 is 0 Å². The molecule has 1 saturated carbocycles. The summed E-state index contributed by atoms with van der Waals surface area (Å²) in [5, 5.41) is 1.14. The van der Waals surface area contributed by atoms with Gasteiger partial charge in [0, 0.05) is 54.7 Å². The average molecular weight is 362 g/mol. The van der Waals surface area contributed by atoms with Crippen molar-refractivity contribution in [3.05, 3.63) is 53.7 Å². The van der Waals surface area contributed by atoms with Gasteiger partial charge in [-0.3, -0.25) is 4.79 Å². The molecular weight excluding hydrogens is 336 g/mol. The molecule has 5 heteroatoms. The van der Waals surface area contributed by atoms with Gasteiger partial charge in [-0.1, -0.05) is 6.07 Å². The second kappa shape index (κ2) is 6.55. The fraction of sp³-hybridized carbons (Fsp3) is 0.455. The Bertz CT molecular complexity index is 981. The highest BCUT2D eigenvalue weighted by Crippen LogP contribution is 2.40. The van der Waals surface area contributed by atoms with E-state index in [1.165, 1.54) is 30.8 Å². The zero-order chi connectivity index (χ0) is 18.4. The van der Waals surface area contributed by atoms with Crippen molar-refractivity contribution in [2.24, 2.45) is 5.92 Å². The topological polar surface area (TPSA) is 53.9 Å². The number of aromatic amines is 1. The fourth-order valence-electron chi connectivity index (χ4n) is 4.40. The molecule has 0 bridgehead atoms. The van der Waals surface area contributed by atoms with Gasteiger partial charge in [-0.2, -0.15) is 0 Å². The number of imidazole rings is 1. The molecule has 1 N–H and O–H groups in total. The number of likely N-dealkylation sites (tertiary alicyclic amines) is 1. The second-order valence-electron chi connectivity index (χ2n) is 8.18. The molecule has 0 spiro atoms. The quantitative estimate of drug-likeness (QED) is 0.760. The molecule has 5 nitrogen and oxygen atoms in total. The maximum absolute atomic E-state index is 13.1. The van der Waals surface area contributed by atoms with Crippen molar-refractivity contribution < 1.29 is 4.79 Å². The minimum absolute atomic E-state index is 0.154. The van der Waals surface area contributed by atoms with Crippen LogP contribution in [-0.2, 0) is 6.54 Å². The molecule has 5 rings (SSSR count). The molecule has 1 aliphatic heterocycles. The Kier molecular flexibility index (Phi) is 4.03. The number of nitrogens with one attached hydrogen (secondary N) is 1. The zero-order valence-electron chi connectivity index (χ0n) is 15.8. The third kappa shape index (κ3) is 3.15. The number of piperidine rings is 1. The first-order valence-electron chi connectivity index (χ1n) is 10.1. The van der Waals surface area contributed by atoms with E-state index in [1.54, 1.807) is 0 Å². The number of hydrogen-bond acceptors (Lipinski definition) is 2. The molecule has 1 aromatic carbocycles. The Morgan fingerprint density at radius 2 is 2.15 bits per heavy atom. The van der Waals surface area contributed by atoms with Gasteiger partial charge in [-0.05, 0) is 62.1 Å². The van der Waals surface area contributed by atoms with Crippen LogP contribution in [0.1, 0.15) is 53.5 Å². The predicted molar refractivity (Wildman–Crippen MR) is 106 cm³/mol. The molecule has 1 saturated heterocycles. The number of aromatic nitrogens is 3. The summed E-state index contributed by atoms with van der Waals surface area (Å²) in [5.41, 5.74) is 3.05. The van der Waals surface area contributed by atoms with E-state index in [2.05, 4.69) is 21.5 Å². The molecule has 1 aliphatic carbocycles. The van der Waals surface area contributed by atoms with Crippen LogP contribution < -0.4 is 0 Å². The van der Waals surface area contributed by atoms with Crippen molar-refractivity contribution in [2.45, 2.75) is 45.1 Å². The van der Waals surface area contributed by atoms with Gasteiger partial charge in [0.25, 0.3) is 5.91 Å². The van der Waals surface area contributed by atoms with E-state index in [1.807, 2.05) is 41.6 Å². The Labute approximate surface area is 159 Å². The number of aryl methyl sites for hydroxylation is 1. The van der Waals surface area contributed by atoms with Crippen molar-refractivity contribution in [2.75, 3.05) is 13.1 Å². The van der Waals surface area contributed by atoms with E-state index in [9.17, 15) is 4.79 Å².